The third kappa shape index (κ3) is 1.35. The van der Waals surface area contributed by atoms with Gasteiger partial charge in [-0.2, -0.15) is 4.74 Å². The second-order valence-corrected chi connectivity index (χ2v) is 1.84. The van der Waals surface area contributed by atoms with Gasteiger partial charge in [0.05, 0.1) is 6.72 Å². The van der Waals surface area contributed by atoms with Crippen molar-refractivity contribution in [1.29, 1.82) is 0 Å². The standard InChI is InChI=1S/C8H9NO/c1-9(10-2)8-6-4-3-5-7-8/h1,3-7H,2H3. The summed E-state index contributed by atoms with van der Waals surface area (Å²) in [5.74, 6) is 0. The lowest BCUT2D eigenvalue weighted by molar-refractivity contribution is -0.714. The van der Waals surface area contributed by atoms with Gasteiger partial charge in [-0.1, -0.05) is 30.3 Å². The van der Waals surface area contributed by atoms with Crippen molar-refractivity contribution in [3.8, 4) is 0 Å². The number of benzene rings is 1. The molecule has 0 fully saturated rings. The maximum Gasteiger partial charge on any atom is 0.145 e. The SMILES string of the molecule is [CH-]=[N+](OC)c1ccccc1. The van der Waals surface area contributed by atoms with Crippen molar-refractivity contribution < 1.29 is 9.58 Å². The van der Waals surface area contributed by atoms with Crippen LogP contribution in [0.4, 0.5) is 5.69 Å². The number of hydrogen-bond acceptors (Lipinski definition) is 1. The minimum absolute atomic E-state index is 0.838. The molecular formula is C8H9NO. The van der Waals surface area contributed by atoms with E-state index in [4.69, 9.17) is 11.6 Å². The monoisotopic (exact) mass is 135 g/mol. The highest BCUT2D eigenvalue weighted by atomic mass is 16.6. The Labute approximate surface area is 60.3 Å². The predicted octanol–water partition coefficient (Wildman–Crippen LogP) is 1.47. The lowest BCUT2D eigenvalue weighted by Gasteiger charge is -2.02. The molecule has 1 aromatic carbocycles. The average molecular weight is 135 g/mol. The van der Waals surface area contributed by atoms with Gasteiger partial charge in [0.25, 0.3) is 0 Å². The number of nitrogens with zero attached hydrogens (tertiary/aromatic N) is 1. The quantitative estimate of drug-likeness (QED) is 0.259. The Morgan fingerprint density at radius 3 is 2.40 bits per heavy atom. The summed E-state index contributed by atoms with van der Waals surface area (Å²) < 4.78 is 1.21. The molecule has 0 N–H and O–H groups in total. The molecular weight excluding hydrogens is 126 g/mol. The van der Waals surface area contributed by atoms with Crippen molar-refractivity contribution in [3.05, 3.63) is 30.3 Å². The largest absolute Gasteiger partial charge is 0.310 e. The summed E-state index contributed by atoms with van der Waals surface area (Å²) in [5, 5.41) is 0. The van der Waals surface area contributed by atoms with Gasteiger partial charge in [0.15, 0.2) is 0 Å². The van der Waals surface area contributed by atoms with Gasteiger partial charge in [-0.25, -0.2) is 0 Å². The van der Waals surface area contributed by atoms with E-state index in [9.17, 15) is 0 Å². The first-order valence-corrected chi connectivity index (χ1v) is 2.98. The summed E-state index contributed by atoms with van der Waals surface area (Å²) >= 11 is 0. The van der Waals surface area contributed by atoms with Gasteiger partial charge >= 0.3 is 0 Å². The summed E-state index contributed by atoms with van der Waals surface area (Å²) in [4.78, 5) is 4.75. The molecule has 0 aromatic heterocycles. The second-order valence-electron chi connectivity index (χ2n) is 1.84. The summed E-state index contributed by atoms with van der Waals surface area (Å²) in [7, 11) is 1.52. The van der Waals surface area contributed by atoms with Gasteiger partial charge < -0.3 is 4.84 Å². The lowest BCUT2D eigenvalue weighted by atomic mass is 10.3. The zero-order valence-corrected chi connectivity index (χ0v) is 5.82. The fraction of sp³-hybridized carbons (Fsp3) is 0.125. The van der Waals surface area contributed by atoms with Gasteiger partial charge in [-0.15, -0.1) is 0 Å². The van der Waals surface area contributed by atoms with Crippen LogP contribution in [0.15, 0.2) is 30.3 Å². The van der Waals surface area contributed by atoms with Gasteiger partial charge in [-0.3, -0.25) is 0 Å². The molecule has 0 radical (unpaired) electrons. The molecule has 0 bridgehead atoms. The third-order valence-corrected chi connectivity index (χ3v) is 1.21. The minimum atomic E-state index is 0.838. The van der Waals surface area contributed by atoms with Crippen LogP contribution in [0.5, 0.6) is 0 Å². The molecule has 0 amide bonds. The molecule has 0 heterocycles. The molecule has 0 saturated carbocycles. The lowest BCUT2D eigenvalue weighted by Crippen LogP contribution is -1.98. The van der Waals surface area contributed by atoms with E-state index in [1.165, 1.54) is 11.8 Å². The van der Waals surface area contributed by atoms with Gasteiger partial charge in [0.1, 0.15) is 12.8 Å². The fourth-order valence-electron chi connectivity index (χ4n) is 0.680. The zero-order chi connectivity index (χ0) is 7.40. The van der Waals surface area contributed by atoms with Crippen molar-refractivity contribution in [2.45, 2.75) is 0 Å². The molecule has 1 rings (SSSR count). The molecule has 0 spiro atoms. The smallest absolute Gasteiger partial charge is 0.145 e. The molecule has 0 aliphatic heterocycles. The first-order chi connectivity index (χ1) is 4.84. The van der Waals surface area contributed by atoms with Crippen molar-refractivity contribution in [3.63, 3.8) is 0 Å². The third-order valence-electron chi connectivity index (χ3n) is 1.21. The highest BCUT2D eigenvalue weighted by Crippen LogP contribution is 2.07. The molecule has 1 aromatic rings. The van der Waals surface area contributed by atoms with E-state index >= 15 is 0 Å². The van der Waals surface area contributed by atoms with E-state index in [2.05, 4.69) is 0 Å². The molecule has 2 heteroatoms. The Morgan fingerprint density at radius 1 is 1.30 bits per heavy atom. The van der Waals surface area contributed by atoms with Crippen LogP contribution in [0, 0.1) is 0 Å². The van der Waals surface area contributed by atoms with Crippen LogP contribution in [0.2, 0.25) is 0 Å². The van der Waals surface area contributed by atoms with Crippen molar-refractivity contribution >= 4 is 12.4 Å². The molecule has 0 aliphatic rings. The Hall–Kier alpha value is -1.31. The molecule has 0 aliphatic carbocycles. The molecule has 10 heavy (non-hydrogen) atoms. The van der Waals surface area contributed by atoms with Gasteiger partial charge in [0.2, 0.25) is 0 Å². The topological polar surface area (TPSA) is 12.2 Å². The first-order valence-electron chi connectivity index (χ1n) is 2.98. The van der Waals surface area contributed by atoms with Crippen LogP contribution < -0.4 is 0 Å². The highest BCUT2D eigenvalue weighted by molar-refractivity contribution is 5.32. The number of rotatable bonds is 2. The zero-order valence-electron chi connectivity index (χ0n) is 5.82. The Morgan fingerprint density at radius 2 is 1.90 bits per heavy atom. The molecule has 52 valence electrons. The van der Waals surface area contributed by atoms with E-state index in [-0.39, 0.29) is 0 Å². The van der Waals surface area contributed by atoms with E-state index in [1.807, 2.05) is 30.3 Å². The maximum atomic E-state index is 5.41. The van der Waals surface area contributed by atoms with Crippen LogP contribution >= 0.6 is 0 Å². The van der Waals surface area contributed by atoms with Gasteiger partial charge in [0, 0.05) is 0 Å². The van der Waals surface area contributed by atoms with E-state index in [1.54, 1.807) is 0 Å². The Kier molecular flexibility index (Phi) is 2.05. The molecule has 0 atom stereocenters. The first kappa shape index (κ1) is 6.81. The van der Waals surface area contributed by atoms with Crippen molar-refractivity contribution in [2.75, 3.05) is 7.11 Å². The van der Waals surface area contributed by atoms with Crippen LogP contribution in [-0.4, -0.2) is 18.6 Å². The van der Waals surface area contributed by atoms with E-state index < -0.39 is 0 Å². The van der Waals surface area contributed by atoms with Gasteiger partial charge in [-0.05, 0) is 0 Å². The van der Waals surface area contributed by atoms with Crippen LogP contribution in [0.25, 0.3) is 0 Å². The normalized spacial score (nSPS) is 8.90. The van der Waals surface area contributed by atoms with Crippen molar-refractivity contribution in [2.24, 2.45) is 0 Å². The highest BCUT2D eigenvalue weighted by Gasteiger charge is 1.90. The second kappa shape index (κ2) is 3.01. The predicted molar refractivity (Wildman–Crippen MR) is 39.4 cm³/mol. The summed E-state index contributed by atoms with van der Waals surface area (Å²) in [6.07, 6.45) is 0. The Balaban J connectivity index is 2.85. The van der Waals surface area contributed by atoms with Crippen LogP contribution in [0.1, 0.15) is 0 Å². The average Bonchev–Trinajstić information content (AvgIpc) is 2.05. The maximum absolute atomic E-state index is 5.41. The summed E-state index contributed by atoms with van der Waals surface area (Å²) in [6.45, 7) is 5.41. The number of para-hydroxylation sites is 1. The molecule has 0 unspecified atom stereocenters. The Bertz CT molecular complexity index is 218. The van der Waals surface area contributed by atoms with Crippen LogP contribution in [0.3, 0.4) is 0 Å². The minimum Gasteiger partial charge on any atom is -0.310 e. The van der Waals surface area contributed by atoms with E-state index in [0.717, 1.165) is 5.69 Å². The summed E-state index contributed by atoms with van der Waals surface area (Å²) in [6, 6.07) is 9.45. The van der Waals surface area contributed by atoms with E-state index in [0.29, 0.717) is 0 Å². The van der Waals surface area contributed by atoms with Crippen molar-refractivity contribution in [1.82, 2.24) is 0 Å². The van der Waals surface area contributed by atoms with Crippen LogP contribution in [-0.2, 0) is 4.84 Å². The summed E-state index contributed by atoms with van der Waals surface area (Å²) in [5.41, 5.74) is 0.838. The fourth-order valence-corrected chi connectivity index (χ4v) is 0.680. The molecule has 0 saturated heterocycles. The number of hydrogen-bond donors (Lipinski definition) is 0. The molecule has 2 nitrogen and oxygen atoms in total.